The largest absolute Gasteiger partial charge is 2.00 e. The summed E-state index contributed by atoms with van der Waals surface area (Å²) in [6.07, 6.45) is 0. The van der Waals surface area contributed by atoms with Gasteiger partial charge in [-0.2, -0.15) is 11.3 Å². The first-order valence-corrected chi connectivity index (χ1v) is 6.49. The summed E-state index contributed by atoms with van der Waals surface area (Å²) in [6.45, 7) is 2.08. The molecule has 0 bridgehead atoms. The van der Waals surface area contributed by atoms with E-state index in [2.05, 4.69) is 6.07 Å². The van der Waals surface area contributed by atoms with Gasteiger partial charge in [0.1, 0.15) is 0 Å². The standard InChI is InChI=1S/C9H5Cl2O2S2.2ClH.Li.Mg/c1-2-13-9(12)6-7-4(14-8(6)11)3-5(10)15-7;;;;/h2H2,1H3;2*1H;;/q-1;;;+1;+2/p-2. The average Bonchev–Trinajstić information content (AvgIpc) is 2.59. The molecule has 0 aliphatic heterocycles. The van der Waals surface area contributed by atoms with Crippen LogP contribution in [-0.4, -0.2) is 35.6 Å². The van der Waals surface area contributed by atoms with Crippen LogP contribution >= 0.6 is 45.9 Å². The zero-order valence-electron chi connectivity index (χ0n) is 10.1. The summed E-state index contributed by atoms with van der Waals surface area (Å²) in [7, 11) is 0. The molecule has 2 rings (SSSR count). The van der Waals surface area contributed by atoms with Crippen molar-refractivity contribution in [3.8, 4) is 0 Å². The number of rotatable bonds is 2. The van der Waals surface area contributed by atoms with Crippen LogP contribution in [0.2, 0.25) is 8.67 Å². The summed E-state index contributed by atoms with van der Waals surface area (Å²) in [4.78, 5) is 11.6. The fourth-order valence-corrected chi connectivity index (χ4v) is 3.95. The summed E-state index contributed by atoms with van der Waals surface area (Å²) < 4.78 is 7.44. The number of ether oxygens (including phenoxy) is 1. The van der Waals surface area contributed by atoms with E-state index in [9.17, 15) is 4.79 Å². The third-order valence-electron chi connectivity index (χ3n) is 1.70. The molecule has 0 unspecified atom stereocenters. The molecule has 0 saturated carbocycles. The zero-order valence-corrected chi connectivity index (χ0v) is 16.1. The number of esters is 1. The summed E-state index contributed by atoms with van der Waals surface area (Å²) in [5.74, 6) is -0.402. The first-order valence-electron chi connectivity index (χ1n) is 4.10. The third kappa shape index (κ3) is 5.74. The quantitative estimate of drug-likeness (QED) is 0.295. The van der Waals surface area contributed by atoms with Gasteiger partial charge in [0.15, 0.2) is 0 Å². The van der Waals surface area contributed by atoms with Crippen molar-refractivity contribution in [1.82, 2.24) is 0 Å². The third-order valence-corrected chi connectivity index (χ3v) is 4.37. The number of carbonyl (C=O) groups is 1. The van der Waals surface area contributed by atoms with E-state index >= 15 is 0 Å². The Labute approximate surface area is 169 Å². The Morgan fingerprint density at radius 2 is 1.89 bits per heavy atom. The SMILES string of the molecule is CCOC(=O)c1c(Cl)sc2[c-]c(Cl)sc12.[Cl-].[Cl-].[Li+].[Mg+2]. The van der Waals surface area contributed by atoms with Crippen LogP contribution in [0.25, 0.3) is 9.40 Å². The molecule has 0 saturated heterocycles. The Bertz CT molecular complexity index is 531. The number of hydrogen-bond donors (Lipinski definition) is 0. The smallest absolute Gasteiger partial charge is 1.00 e. The Balaban J connectivity index is -0.000000640. The van der Waals surface area contributed by atoms with Crippen molar-refractivity contribution < 1.29 is 53.2 Å². The van der Waals surface area contributed by atoms with Crippen LogP contribution in [0.3, 0.4) is 0 Å². The van der Waals surface area contributed by atoms with Crippen molar-refractivity contribution in [3.63, 3.8) is 0 Å². The molecule has 0 spiro atoms. The van der Waals surface area contributed by atoms with Gasteiger partial charge in [0.2, 0.25) is 0 Å². The van der Waals surface area contributed by atoms with Crippen LogP contribution in [0, 0.1) is 6.07 Å². The van der Waals surface area contributed by atoms with E-state index in [0.717, 1.165) is 9.40 Å². The Morgan fingerprint density at radius 1 is 1.32 bits per heavy atom. The molecule has 2 heterocycles. The van der Waals surface area contributed by atoms with Gasteiger partial charge in [-0.05, 0) is 11.3 Å². The number of thiophene rings is 2. The second-order valence-electron chi connectivity index (χ2n) is 2.63. The average molecular weight is 382 g/mol. The van der Waals surface area contributed by atoms with Crippen molar-refractivity contribution in [1.29, 1.82) is 0 Å². The van der Waals surface area contributed by atoms with Crippen LogP contribution in [0.5, 0.6) is 0 Å². The van der Waals surface area contributed by atoms with E-state index < -0.39 is 5.97 Å². The first kappa shape index (κ1) is 25.6. The predicted octanol–water partition coefficient (Wildman–Crippen LogP) is -5.12. The normalized spacial score (nSPS) is 8.58. The molecule has 2 aromatic rings. The van der Waals surface area contributed by atoms with Crippen LogP contribution in [-0.2, 0) is 4.74 Å². The maximum atomic E-state index is 11.6. The van der Waals surface area contributed by atoms with Crippen LogP contribution in [0.4, 0.5) is 0 Å². The van der Waals surface area contributed by atoms with Crippen molar-refractivity contribution in [2.45, 2.75) is 6.92 Å². The van der Waals surface area contributed by atoms with Gasteiger partial charge in [-0.1, -0.05) is 27.9 Å². The number of halogens is 4. The van der Waals surface area contributed by atoms with Crippen molar-refractivity contribution >= 4 is 84.3 Å². The van der Waals surface area contributed by atoms with Gasteiger partial charge in [0.25, 0.3) is 0 Å². The number of fused-ring (bicyclic) bond motifs is 1. The maximum absolute atomic E-state index is 11.6. The van der Waals surface area contributed by atoms with Gasteiger partial charge in [0, 0.05) is 5.56 Å². The summed E-state index contributed by atoms with van der Waals surface area (Å²) >= 11 is 14.3. The molecule has 0 aliphatic carbocycles. The van der Waals surface area contributed by atoms with Crippen molar-refractivity contribution in [2.75, 3.05) is 6.61 Å². The van der Waals surface area contributed by atoms with E-state index in [4.69, 9.17) is 27.9 Å². The van der Waals surface area contributed by atoms with E-state index in [1.807, 2.05) is 0 Å². The summed E-state index contributed by atoms with van der Waals surface area (Å²) in [6, 6.07) is 2.93. The maximum Gasteiger partial charge on any atom is 2.00 e. The minimum Gasteiger partial charge on any atom is -1.00 e. The molecule has 0 N–H and O–H groups in total. The summed E-state index contributed by atoms with van der Waals surface area (Å²) in [5, 5.41) is 0. The molecule has 0 atom stereocenters. The molecule has 96 valence electrons. The van der Waals surface area contributed by atoms with Crippen LogP contribution < -0.4 is 43.7 Å². The molecule has 2 aromatic heterocycles. The molecular weight excluding hydrogens is 377 g/mol. The Morgan fingerprint density at radius 3 is 2.42 bits per heavy atom. The van der Waals surface area contributed by atoms with Crippen molar-refractivity contribution in [3.05, 3.63) is 20.3 Å². The molecule has 0 aromatic carbocycles. The monoisotopic (exact) mass is 380 g/mol. The molecule has 19 heavy (non-hydrogen) atoms. The molecule has 10 heteroatoms. The van der Waals surface area contributed by atoms with E-state index in [1.54, 1.807) is 6.92 Å². The van der Waals surface area contributed by atoms with Gasteiger partial charge in [-0.25, -0.2) is 22.2 Å². The minimum absolute atomic E-state index is 0. The predicted molar refractivity (Wildman–Crippen MR) is 70.3 cm³/mol. The van der Waals surface area contributed by atoms with Gasteiger partial charge in [-0.3, -0.25) is 0 Å². The van der Waals surface area contributed by atoms with Crippen LogP contribution in [0.1, 0.15) is 17.3 Å². The van der Waals surface area contributed by atoms with Gasteiger partial charge >= 0.3 is 47.9 Å². The molecule has 0 fully saturated rings. The second kappa shape index (κ2) is 11.3. The van der Waals surface area contributed by atoms with Gasteiger partial charge in [0.05, 0.1) is 10.9 Å². The molecule has 0 amide bonds. The molecule has 0 aliphatic rings. The minimum atomic E-state index is -0.402. The van der Waals surface area contributed by atoms with Crippen LogP contribution in [0.15, 0.2) is 0 Å². The van der Waals surface area contributed by atoms with Crippen molar-refractivity contribution in [2.24, 2.45) is 0 Å². The number of hydrogen-bond acceptors (Lipinski definition) is 4. The van der Waals surface area contributed by atoms with E-state index in [-0.39, 0.29) is 66.7 Å². The Kier molecular flexibility index (Phi) is 15.2. The fraction of sp³-hybridized carbons (Fsp3) is 0.222. The van der Waals surface area contributed by atoms with Gasteiger partial charge in [-0.15, -0.1) is 4.70 Å². The molecular formula is C9H5Cl4LiMgO2S2. The number of carbonyl (C=O) groups excluding carboxylic acids is 1. The second-order valence-corrected chi connectivity index (χ2v) is 5.88. The molecule has 2 nitrogen and oxygen atoms in total. The van der Waals surface area contributed by atoms with Gasteiger partial charge < -0.3 is 29.6 Å². The fourth-order valence-electron chi connectivity index (χ4n) is 1.15. The zero-order chi connectivity index (χ0) is 11.0. The Hall–Kier alpha value is 1.65. The van der Waals surface area contributed by atoms with E-state index in [1.165, 1.54) is 22.7 Å². The molecule has 0 radical (unpaired) electrons. The van der Waals surface area contributed by atoms with E-state index in [0.29, 0.717) is 20.8 Å². The topological polar surface area (TPSA) is 26.3 Å². The first-order chi connectivity index (χ1) is 7.13. The summed E-state index contributed by atoms with van der Waals surface area (Å²) in [5.41, 5.74) is 0.409.